The maximum atomic E-state index is 12.2. The summed E-state index contributed by atoms with van der Waals surface area (Å²) in [6.45, 7) is 1.20. The fraction of sp³-hybridized carbons (Fsp3) is 1.00. The molecule has 0 spiro atoms. The Labute approximate surface area is 63.2 Å². The maximum Gasteiger partial charge on any atom is 0.394 e. The molecule has 2 atom stereocenters. The molecular formula is C7H11F3O. The number of halogens is 3. The predicted octanol–water partition coefficient (Wildman–Crippen LogP) is 1.96. The number of aliphatic hydroxyl groups is 1. The van der Waals surface area contributed by atoms with Crippen molar-refractivity contribution >= 4 is 0 Å². The molecule has 0 aromatic carbocycles. The van der Waals surface area contributed by atoms with E-state index in [0.717, 1.165) is 0 Å². The Balaban J connectivity index is 2.64. The molecule has 1 fully saturated rings. The van der Waals surface area contributed by atoms with Crippen molar-refractivity contribution in [2.24, 2.45) is 11.3 Å². The van der Waals surface area contributed by atoms with Gasteiger partial charge in [0.15, 0.2) is 0 Å². The quantitative estimate of drug-likeness (QED) is 0.668. The summed E-state index contributed by atoms with van der Waals surface area (Å²) >= 11 is 0. The molecule has 1 saturated carbocycles. The molecule has 66 valence electrons. The first-order valence-corrected chi connectivity index (χ1v) is 3.61. The molecule has 4 heteroatoms. The number of rotatable bonds is 2. The Morgan fingerprint density at radius 1 is 1.55 bits per heavy atom. The lowest BCUT2D eigenvalue weighted by atomic mass is 10.00. The normalized spacial score (nSPS) is 37.4. The first-order chi connectivity index (χ1) is 4.94. The SMILES string of the molecule is C[C@@H]1CC1(CCO)C(F)(F)F. The van der Waals surface area contributed by atoms with Crippen LogP contribution in [0.25, 0.3) is 0 Å². The third-order valence-electron chi connectivity index (χ3n) is 2.58. The molecule has 0 aromatic heterocycles. The van der Waals surface area contributed by atoms with E-state index in [2.05, 4.69) is 0 Å². The van der Waals surface area contributed by atoms with Crippen molar-refractivity contribution in [3.63, 3.8) is 0 Å². The van der Waals surface area contributed by atoms with Crippen molar-refractivity contribution in [1.82, 2.24) is 0 Å². The predicted molar refractivity (Wildman–Crippen MR) is 34.0 cm³/mol. The third-order valence-corrected chi connectivity index (χ3v) is 2.58. The van der Waals surface area contributed by atoms with Crippen molar-refractivity contribution < 1.29 is 18.3 Å². The van der Waals surface area contributed by atoms with Gasteiger partial charge in [0.05, 0.1) is 5.41 Å². The minimum Gasteiger partial charge on any atom is -0.396 e. The first kappa shape index (κ1) is 8.84. The van der Waals surface area contributed by atoms with Gasteiger partial charge in [0.25, 0.3) is 0 Å². The number of hydrogen-bond donors (Lipinski definition) is 1. The lowest BCUT2D eigenvalue weighted by Gasteiger charge is -2.18. The number of hydrogen-bond acceptors (Lipinski definition) is 1. The van der Waals surface area contributed by atoms with E-state index in [4.69, 9.17) is 5.11 Å². The van der Waals surface area contributed by atoms with Crippen LogP contribution in [0.4, 0.5) is 13.2 Å². The van der Waals surface area contributed by atoms with Gasteiger partial charge in [-0.1, -0.05) is 6.92 Å². The molecule has 1 N–H and O–H groups in total. The first-order valence-electron chi connectivity index (χ1n) is 3.61. The second kappa shape index (κ2) is 2.37. The van der Waals surface area contributed by atoms with Crippen LogP contribution in [0.3, 0.4) is 0 Å². The van der Waals surface area contributed by atoms with Crippen molar-refractivity contribution in [3.05, 3.63) is 0 Å². The molecule has 0 bridgehead atoms. The summed E-state index contributed by atoms with van der Waals surface area (Å²) in [5.41, 5.74) is -1.55. The highest BCUT2D eigenvalue weighted by Gasteiger charge is 2.67. The Kier molecular flexibility index (Phi) is 1.90. The van der Waals surface area contributed by atoms with Crippen molar-refractivity contribution in [1.29, 1.82) is 0 Å². The fourth-order valence-corrected chi connectivity index (χ4v) is 1.57. The van der Waals surface area contributed by atoms with Gasteiger partial charge in [-0.15, -0.1) is 0 Å². The molecule has 0 saturated heterocycles. The molecule has 0 amide bonds. The smallest absolute Gasteiger partial charge is 0.394 e. The molecule has 1 aliphatic rings. The summed E-state index contributed by atoms with van der Waals surface area (Å²) in [4.78, 5) is 0. The topological polar surface area (TPSA) is 20.2 Å². The average molecular weight is 168 g/mol. The molecule has 1 rings (SSSR count). The highest BCUT2D eigenvalue weighted by molar-refractivity contribution is 5.04. The Bertz CT molecular complexity index is 154. The van der Waals surface area contributed by atoms with E-state index in [1.54, 1.807) is 6.92 Å². The summed E-state index contributed by atoms with van der Waals surface area (Å²) in [6.07, 6.45) is -4.09. The largest absolute Gasteiger partial charge is 0.396 e. The maximum absolute atomic E-state index is 12.2. The number of alkyl halides is 3. The van der Waals surface area contributed by atoms with Crippen LogP contribution < -0.4 is 0 Å². The minimum absolute atomic E-state index is 0.141. The van der Waals surface area contributed by atoms with Crippen LogP contribution >= 0.6 is 0 Å². The Hall–Kier alpha value is -0.250. The van der Waals surface area contributed by atoms with E-state index < -0.39 is 11.6 Å². The van der Waals surface area contributed by atoms with Gasteiger partial charge >= 0.3 is 6.18 Å². The van der Waals surface area contributed by atoms with Crippen LogP contribution in [0.1, 0.15) is 19.8 Å². The Morgan fingerprint density at radius 3 is 2.09 bits per heavy atom. The van der Waals surface area contributed by atoms with Gasteiger partial charge in [-0.2, -0.15) is 13.2 Å². The third kappa shape index (κ3) is 1.24. The van der Waals surface area contributed by atoms with Crippen LogP contribution in [0.2, 0.25) is 0 Å². The van der Waals surface area contributed by atoms with E-state index in [9.17, 15) is 13.2 Å². The summed E-state index contributed by atoms with van der Waals surface area (Å²) in [5.74, 6) is -0.311. The van der Waals surface area contributed by atoms with E-state index >= 15 is 0 Å². The van der Waals surface area contributed by atoms with Gasteiger partial charge in [0.1, 0.15) is 0 Å². The van der Waals surface area contributed by atoms with E-state index in [1.165, 1.54) is 0 Å². The van der Waals surface area contributed by atoms with Crippen molar-refractivity contribution in [2.75, 3.05) is 6.61 Å². The van der Waals surface area contributed by atoms with Crippen LogP contribution in [-0.4, -0.2) is 17.9 Å². The van der Waals surface area contributed by atoms with Crippen molar-refractivity contribution in [2.45, 2.75) is 25.9 Å². The van der Waals surface area contributed by atoms with Crippen LogP contribution in [0.5, 0.6) is 0 Å². The minimum atomic E-state index is -4.13. The molecule has 11 heavy (non-hydrogen) atoms. The second-order valence-corrected chi connectivity index (χ2v) is 3.23. The lowest BCUT2D eigenvalue weighted by Crippen LogP contribution is -2.27. The molecule has 0 radical (unpaired) electrons. The van der Waals surface area contributed by atoms with Gasteiger partial charge in [-0.05, 0) is 18.8 Å². The van der Waals surface area contributed by atoms with Crippen LogP contribution in [0, 0.1) is 11.3 Å². The molecule has 0 aliphatic heterocycles. The lowest BCUT2D eigenvalue weighted by molar-refractivity contribution is -0.195. The van der Waals surface area contributed by atoms with Gasteiger partial charge in [-0.3, -0.25) is 0 Å². The van der Waals surface area contributed by atoms with Gasteiger partial charge in [-0.25, -0.2) is 0 Å². The molecule has 0 heterocycles. The van der Waals surface area contributed by atoms with Gasteiger partial charge in [0, 0.05) is 6.61 Å². The summed E-state index contributed by atoms with van der Waals surface area (Å²) < 4.78 is 36.7. The average Bonchev–Trinajstić information content (AvgIpc) is 2.42. The fourth-order valence-electron chi connectivity index (χ4n) is 1.57. The summed E-state index contributed by atoms with van der Waals surface area (Å²) in [7, 11) is 0. The summed E-state index contributed by atoms with van der Waals surface area (Å²) in [6, 6.07) is 0. The van der Waals surface area contributed by atoms with E-state index in [0.29, 0.717) is 0 Å². The monoisotopic (exact) mass is 168 g/mol. The zero-order valence-electron chi connectivity index (χ0n) is 6.28. The van der Waals surface area contributed by atoms with E-state index in [-0.39, 0.29) is 25.4 Å². The zero-order valence-corrected chi connectivity index (χ0v) is 6.28. The summed E-state index contributed by atoms with van der Waals surface area (Å²) in [5, 5.41) is 8.42. The van der Waals surface area contributed by atoms with E-state index in [1.807, 2.05) is 0 Å². The second-order valence-electron chi connectivity index (χ2n) is 3.23. The highest BCUT2D eigenvalue weighted by atomic mass is 19.4. The molecular weight excluding hydrogens is 157 g/mol. The van der Waals surface area contributed by atoms with Crippen LogP contribution in [-0.2, 0) is 0 Å². The van der Waals surface area contributed by atoms with Crippen LogP contribution in [0.15, 0.2) is 0 Å². The Morgan fingerprint density at radius 2 is 2.00 bits per heavy atom. The molecule has 1 unspecified atom stereocenters. The zero-order chi connectivity index (χ0) is 8.70. The molecule has 1 nitrogen and oxygen atoms in total. The van der Waals surface area contributed by atoms with Crippen molar-refractivity contribution in [3.8, 4) is 0 Å². The molecule has 1 aliphatic carbocycles. The number of aliphatic hydroxyl groups excluding tert-OH is 1. The van der Waals surface area contributed by atoms with Gasteiger partial charge in [0.2, 0.25) is 0 Å². The highest BCUT2D eigenvalue weighted by Crippen LogP contribution is 2.64. The van der Waals surface area contributed by atoms with Gasteiger partial charge < -0.3 is 5.11 Å². The standard InChI is InChI=1S/C7H11F3O/c1-5-4-6(5,2-3-11)7(8,9)10/h5,11H,2-4H2,1H3/t5-,6?/m1/s1. The molecule has 0 aromatic rings.